The number of carbonyl (C=O) groups excluding carboxylic acids is 3. The first-order valence-electron chi connectivity index (χ1n) is 17.3. The zero-order valence-electron chi connectivity index (χ0n) is 27.4. The molecule has 2 bridgehead atoms. The molecule has 9 heteroatoms. The lowest BCUT2D eigenvalue weighted by Crippen LogP contribution is -2.56. The van der Waals surface area contributed by atoms with Gasteiger partial charge >= 0.3 is 0 Å². The number of benzene rings is 3. The highest BCUT2D eigenvalue weighted by Gasteiger charge is 2.72. The van der Waals surface area contributed by atoms with Gasteiger partial charge in [0.1, 0.15) is 23.1 Å². The Balaban J connectivity index is 1.07. The van der Waals surface area contributed by atoms with Crippen LogP contribution in [0.4, 0.5) is 5.69 Å². The molecule has 2 N–H and O–H groups in total. The lowest BCUT2D eigenvalue weighted by Gasteiger charge is -2.34. The molecule has 5 unspecified atom stereocenters. The standard InChI is InChI=1S/C39H44N4O5/c1-42(26-27-12-5-2-6-13-27)24-11-25-43-35(37(45)41-28-14-7-3-8-15-28)39-23-22-32(48-39)33(34(39)38(43)46)36(44)40-29-18-20-31(21-19-29)47-30-16-9-4-10-17-30/h2,4-6,9-10,12-13,16-23,28,32-35H,3,7-8,11,14-15,24-26H2,1H3,(H,40,44)(H,41,45). The van der Waals surface area contributed by atoms with Gasteiger partial charge in [-0.2, -0.15) is 0 Å². The van der Waals surface area contributed by atoms with Crippen molar-refractivity contribution in [3.05, 3.63) is 103 Å². The van der Waals surface area contributed by atoms with Crippen LogP contribution in [0.15, 0.2) is 97.1 Å². The van der Waals surface area contributed by atoms with Crippen LogP contribution in [0.25, 0.3) is 0 Å². The first-order chi connectivity index (χ1) is 23.4. The minimum absolute atomic E-state index is 0.0891. The third kappa shape index (κ3) is 6.49. The minimum Gasteiger partial charge on any atom is -0.457 e. The average molecular weight is 649 g/mol. The maximum absolute atomic E-state index is 14.4. The zero-order chi connectivity index (χ0) is 33.1. The van der Waals surface area contributed by atoms with Gasteiger partial charge in [0, 0.05) is 24.8 Å². The van der Waals surface area contributed by atoms with E-state index in [1.807, 2.05) is 60.7 Å². The second-order valence-corrected chi connectivity index (χ2v) is 13.6. The predicted octanol–water partition coefficient (Wildman–Crippen LogP) is 5.54. The van der Waals surface area contributed by atoms with E-state index in [1.165, 1.54) is 12.0 Å². The Hall–Kier alpha value is -4.47. The molecule has 3 fully saturated rings. The Morgan fingerprint density at radius 1 is 0.917 bits per heavy atom. The number of anilines is 1. The summed E-state index contributed by atoms with van der Waals surface area (Å²) in [7, 11) is 2.06. The highest BCUT2D eigenvalue weighted by Crippen LogP contribution is 2.55. The second-order valence-electron chi connectivity index (χ2n) is 13.6. The van der Waals surface area contributed by atoms with E-state index in [9.17, 15) is 14.4 Å². The number of nitrogens with zero attached hydrogens (tertiary/aromatic N) is 2. The molecule has 9 nitrogen and oxygen atoms in total. The van der Waals surface area contributed by atoms with Gasteiger partial charge in [0.25, 0.3) is 0 Å². The summed E-state index contributed by atoms with van der Waals surface area (Å²) in [4.78, 5) is 46.3. The van der Waals surface area contributed by atoms with E-state index in [4.69, 9.17) is 9.47 Å². The summed E-state index contributed by atoms with van der Waals surface area (Å²) in [6, 6.07) is 26.2. The number of carbonyl (C=O) groups is 3. The molecule has 3 heterocycles. The fourth-order valence-corrected chi connectivity index (χ4v) is 7.98. The molecule has 3 amide bonds. The molecule has 250 valence electrons. The summed E-state index contributed by atoms with van der Waals surface area (Å²) in [6.45, 7) is 1.95. The molecule has 1 aliphatic carbocycles. The van der Waals surface area contributed by atoms with Crippen molar-refractivity contribution in [3.63, 3.8) is 0 Å². The summed E-state index contributed by atoms with van der Waals surface area (Å²) in [6.07, 6.45) is 9.07. The van der Waals surface area contributed by atoms with E-state index in [1.54, 1.807) is 29.2 Å². The van der Waals surface area contributed by atoms with Crippen LogP contribution in [-0.2, 0) is 25.7 Å². The maximum atomic E-state index is 14.4. The monoisotopic (exact) mass is 648 g/mol. The van der Waals surface area contributed by atoms with Crippen molar-refractivity contribution >= 4 is 23.4 Å². The number of hydrogen-bond donors (Lipinski definition) is 2. The van der Waals surface area contributed by atoms with Gasteiger partial charge in [-0.05, 0) is 74.8 Å². The predicted molar refractivity (Wildman–Crippen MR) is 183 cm³/mol. The van der Waals surface area contributed by atoms with E-state index in [2.05, 4.69) is 34.7 Å². The van der Waals surface area contributed by atoms with Crippen molar-refractivity contribution < 1.29 is 23.9 Å². The summed E-state index contributed by atoms with van der Waals surface area (Å²) in [5.41, 5.74) is 0.640. The van der Waals surface area contributed by atoms with E-state index < -0.39 is 29.6 Å². The lowest BCUT2D eigenvalue weighted by molar-refractivity contribution is -0.141. The van der Waals surface area contributed by atoms with Crippen molar-refractivity contribution in [1.82, 2.24) is 15.1 Å². The minimum atomic E-state index is -1.17. The van der Waals surface area contributed by atoms with Crippen molar-refractivity contribution in [1.29, 1.82) is 0 Å². The number of ether oxygens (including phenoxy) is 2. The van der Waals surface area contributed by atoms with Crippen LogP contribution >= 0.6 is 0 Å². The molecule has 3 aliphatic heterocycles. The van der Waals surface area contributed by atoms with Crippen LogP contribution < -0.4 is 15.4 Å². The molecule has 1 spiro atoms. The molecule has 0 aromatic heterocycles. The summed E-state index contributed by atoms with van der Waals surface area (Å²) < 4.78 is 12.4. The van der Waals surface area contributed by atoms with Crippen LogP contribution in [0.1, 0.15) is 44.1 Å². The molecule has 48 heavy (non-hydrogen) atoms. The number of nitrogens with one attached hydrogen (secondary N) is 2. The number of likely N-dealkylation sites (tertiary alicyclic amines) is 1. The van der Waals surface area contributed by atoms with E-state index in [-0.39, 0.29) is 23.8 Å². The van der Waals surface area contributed by atoms with Gasteiger partial charge in [0.05, 0.1) is 17.9 Å². The molecule has 2 saturated heterocycles. The summed E-state index contributed by atoms with van der Waals surface area (Å²) in [5, 5.41) is 6.28. The van der Waals surface area contributed by atoms with Crippen molar-refractivity contribution in [2.75, 3.05) is 25.5 Å². The Bertz CT molecular complexity index is 1630. The third-order valence-corrected chi connectivity index (χ3v) is 10.2. The Labute approximate surface area is 282 Å². The van der Waals surface area contributed by atoms with Gasteiger partial charge in [0.2, 0.25) is 17.7 Å². The van der Waals surface area contributed by atoms with E-state index in [0.717, 1.165) is 44.5 Å². The SMILES string of the molecule is CN(CCCN1C(=O)C2C(C(=O)Nc3ccc(Oc4ccccc4)cc3)C3C=CC2(O3)C1C(=O)NC1CCCCC1)Cc1ccccc1. The van der Waals surface area contributed by atoms with Gasteiger partial charge in [-0.15, -0.1) is 0 Å². The molecule has 5 atom stereocenters. The number of hydrogen-bond acceptors (Lipinski definition) is 6. The van der Waals surface area contributed by atoms with Crippen molar-refractivity contribution in [3.8, 4) is 11.5 Å². The number of rotatable bonds is 12. The number of amides is 3. The quantitative estimate of drug-likeness (QED) is 0.250. The van der Waals surface area contributed by atoms with Gasteiger partial charge in [-0.1, -0.05) is 79.9 Å². The van der Waals surface area contributed by atoms with Gasteiger partial charge in [-0.25, -0.2) is 0 Å². The second kappa shape index (κ2) is 13.9. The van der Waals surface area contributed by atoms with Gasteiger partial charge in [-0.3, -0.25) is 14.4 Å². The normalized spacial score (nSPS) is 26.1. The Morgan fingerprint density at radius 3 is 2.33 bits per heavy atom. The summed E-state index contributed by atoms with van der Waals surface area (Å²) in [5.74, 6) is -0.834. The maximum Gasteiger partial charge on any atom is 0.246 e. The first-order valence-corrected chi connectivity index (χ1v) is 17.3. The van der Waals surface area contributed by atoms with Crippen LogP contribution in [0, 0.1) is 11.8 Å². The smallest absolute Gasteiger partial charge is 0.246 e. The average Bonchev–Trinajstić information content (AvgIpc) is 3.74. The van der Waals surface area contributed by atoms with Crippen molar-refractivity contribution in [2.45, 2.75) is 68.9 Å². The number of para-hydroxylation sites is 1. The van der Waals surface area contributed by atoms with E-state index >= 15 is 0 Å². The van der Waals surface area contributed by atoms with Crippen molar-refractivity contribution in [2.24, 2.45) is 11.8 Å². The van der Waals surface area contributed by atoms with Crippen LogP contribution in [0.5, 0.6) is 11.5 Å². The highest BCUT2D eigenvalue weighted by molar-refractivity contribution is 6.02. The Kier molecular flexibility index (Phi) is 9.32. The van der Waals surface area contributed by atoms with Gasteiger partial charge < -0.3 is 29.9 Å². The molecular weight excluding hydrogens is 604 g/mol. The molecule has 7 rings (SSSR count). The van der Waals surface area contributed by atoms with Crippen LogP contribution in [0.3, 0.4) is 0 Å². The fourth-order valence-electron chi connectivity index (χ4n) is 7.98. The molecule has 0 radical (unpaired) electrons. The third-order valence-electron chi connectivity index (χ3n) is 10.2. The molecule has 3 aromatic rings. The lowest BCUT2D eigenvalue weighted by atomic mass is 9.74. The van der Waals surface area contributed by atoms with Crippen LogP contribution in [-0.4, -0.2) is 71.4 Å². The zero-order valence-corrected chi connectivity index (χ0v) is 27.4. The number of fused-ring (bicyclic) bond motifs is 1. The molecule has 3 aromatic carbocycles. The molecule has 4 aliphatic rings. The largest absolute Gasteiger partial charge is 0.457 e. The first kappa shape index (κ1) is 32.1. The van der Waals surface area contributed by atoms with E-state index in [0.29, 0.717) is 24.4 Å². The van der Waals surface area contributed by atoms with Gasteiger partial charge in [0.15, 0.2) is 0 Å². The topological polar surface area (TPSA) is 100 Å². The molecule has 1 saturated carbocycles. The van der Waals surface area contributed by atoms with Crippen LogP contribution in [0.2, 0.25) is 0 Å². The Morgan fingerprint density at radius 2 is 1.60 bits per heavy atom. The molecular formula is C39H44N4O5. The summed E-state index contributed by atoms with van der Waals surface area (Å²) >= 11 is 0. The fraction of sp³-hybridized carbons (Fsp3) is 0.410. The highest BCUT2D eigenvalue weighted by atomic mass is 16.5.